The minimum Gasteiger partial charge on any atom is -0.0800 e. The average Bonchev–Trinajstić information content (AvgIpc) is 1.33. The van der Waals surface area contributed by atoms with E-state index < -0.39 is 0 Å². The first kappa shape index (κ1) is 4.29. The maximum Gasteiger partial charge on any atom is 0.0911 e. The molecule has 0 bridgehead atoms. The molecule has 1 saturated heterocycles. The molecule has 0 amide bonds. The molecule has 2 radical (unpaired) electrons. The largest absolute Gasteiger partial charge is 0.0911 e. The molecule has 0 saturated carbocycles. The van der Waals surface area contributed by atoms with Gasteiger partial charge in [-0.1, -0.05) is 25.5 Å². The molecule has 1 aliphatic rings. The third-order valence-corrected chi connectivity index (χ3v) is 1.41. The topological polar surface area (TPSA) is 0 Å². The Hall–Kier alpha value is 0.130. The summed E-state index contributed by atoms with van der Waals surface area (Å²) in [5.74, 6) is 0.917. The standard InChI is InChI=1S/C4H8B2/c1-4-2-6(5)3-4/h4H,2-3H2,1H3. The summed E-state index contributed by atoms with van der Waals surface area (Å²) in [5.41, 5.74) is 0. The number of hydrogen-bond acceptors (Lipinski definition) is 0. The summed E-state index contributed by atoms with van der Waals surface area (Å²) in [7, 11) is 5.47. The lowest BCUT2D eigenvalue weighted by Crippen LogP contribution is -2.29. The minimum absolute atomic E-state index is 0.542. The second-order valence-electron chi connectivity index (χ2n) is 2.34. The van der Waals surface area contributed by atoms with Gasteiger partial charge in [-0.15, -0.1) is 0 Å². The van der Waals surface area contributed by atoms with Crippen LogP contribution in [-0.4, -0.2) is 14.3 Å². The van der Waals surface area contributed by atoms with E-state index in [4.69, 9.17) is 7.74 Å². The summed E-state index contributed by atoms with van der Waals surface area (Å²) in [6.45, 7) is 2.78. The van der Waals surface area contributed by atoms with Gasteiger partial charge >= 0.3 is 0 Å². The molecule has 0 atom stereocenters. The van der Waals surface area contributed by atoms with Crippen molar-refractivity contribution in [1.29, 1.82) is 0 Å². The fourth-order valence-corrected chi connectivity index (χ4v) is 0.965. The van der Waals surface area contributed by atoms with E-state index in [1.807, 2.05) is 0 Å². The lowest BCUT2D eigenvalue weighted by Gasteiger charge is -2.26. The lowest BCUT2D eigenvalue weighted by atomic mass is 9.20. The Morgan fingerprint density at radius 3 is 2.17 bits per heavy atom. The van der Waals surface area contributed by atoms with E-state index >= 15 is 0 Å². The van der Waals surface area contributed by atoms with Crippen LogP contribution in [0.5, 0.6) is 0 Å². The van der Waals surface area contributed by atoms with Gasteiger partial charge in [-0.3, -0.25) is 0 Å². The maximum atomic E-state index is 5.47. The van der Waals surface area contributed by atoms with Crippen molar-refractivity contribution in [2.75, 3.05) is 0 Å². The summed E-state index contributed by atoms with van der Waals surface area (Å²) in [4.78, 5) is 0. The van der Waals surface area contributed by atoms with Crippen molar-refractivity contribution < 1.29 is 0 Å². The van der Waals surface area contributed by atoms with Gasteiger partial charge in [-0.05, 0) is 0 Å². The highest BCUT2D eigenvalue weighted by molar-refractivity contribution is 7.04. The van der Waals surface area contributed by atoms with Crippen LogP contribution in [0.2, 0.25) is 12.6 Å². The Balaban J connectivity index is 2.11. The van der Waals surface area contributed by atoms with Crippen LogP contribution in [0.4, 0.5) is 0 Å². The zero-order valence-electron chi connectivity index (χ0n) is 4.15. The first-order valence-electron chi connectivity index (χ1n) is 2.54. The molecule has 0 aromatic rings. The normalized spacial score (nSPS) is 23.8. The highest BCUT2D eigenvalue weighted by Gasteiger charge is 2.22. The SMILES string of the molecule is [B]B1CC(C)C1. The monoisotopic (exact) mass is 78.1 g/mol. The molecular weight excluding hydrogens is 69.7 g/mol. The van der Waals surface area contributed by atoms with Crippen LogP contribution in [0.3, 0.4) is 0 Å². The van der Waals surface area contributed by atoms with Gasteiger partial charge in [0.05, 0.1) is 6.60 Å². The number of hydrogen-bond donors (Lipinski definition) is 0. The first-order chi connectivity index (χ1) is 2.79. The van der Waals surface area contributed by atoms with Gasteiger partial charge in [0.15, 0.2) is 0 Å². The number of rotatable bonds is 0. The Morgan fingerprint density at radius 1 is 1.67 bits per heavy atom. The summed E-state index contributed by atoms with van der Waals surface area (Å²) in [6, 6.07) is 0. The molecular formula is C4H8B2. The minimum atomic E-state index is 0.542. The summed E-state index contributed by atoms with van der Waals surface area (Å²) >= 11 is 0. The van der Waals surface area contributed by atoms with E-state index in [1.54, 1.807) is 0 Å². The van der Waals surface area contributed by atoms with Gasteiger partial charge in [-0.25, -0.2) is 0 Å². The smallest absolute Gasteiger partial charge is 0.0800 e. The van der Waals surface area contributed by atoms with E-state index in [9.17, 15) is 0 Å². The molecule has 0 unspecified atom stereocenters. The van der Waals surface area contributed by atoms with Crippen molar-refractivity contribution in [3.63, 3.8) is 0 Å². The fraction of sp³-hybridized carbons (Fsp3) is 1.00. The Bertz CT molecular complexity index is 41.5. The van der Waals surface area contributed by atoms with Crippen LogP contribution in [0.25, 0.3) is 0 Å². The maximum absolute atomic E-state index is 5.47. The first-order valence-corrected chi connectivity index (χ1v) is 2.54. The quantitative estimate of drug-likeness (QED) is 0.375. The molecule has 0 spiro atoms. The molecule has 0 N–H and O–H groups in total. The van der Waals surface area contributed by atoms with Crippen LogP contribution in [0.15, 0.2) is 0 Å². The van der Waals surface area contributed by atoms with E-state index in [2.05, 4.69) is 6.92 Å². The van der Waals surface area contributed by atoms with E-state index in [1.165, 1.54) is 12.6 Å². The van der Waals surface area contributed by atoms with Gasteiger partial charge in [-0.2, -0.15) is 0 Å². The highest BCUT2D eigenvalue weighted by Crippen LogP contribution is 2.24. The van der Waals surface area contributed by atoms with E-state index in [0.29, 0.717) is 6.60 Å². The van der Waals surface area contributed by atoms with Crippen LogP contribution in [0.1, 0.15) is 6.92 Å². The van der Waals surface area contributed by atoms with Crippen molar-refractivity contribution in [2.24, 2.45) is 5.92 Å². The van der Waals surface area contributed by atoms with Crippen molar-refractivity contribution in [3.8, 4) is 0 Å². The Labute approximate surface area is 40.8 Å². The van der Waals surface area contributed by atoms with Crippen molar-refractivity contribution in [1.82, 2.24) is 0 Å². The molecule has 6 heavy (non-hydrogen) atoms. The third kappa shape index (κ3) is 0.612. The summed E-state index contributed by atoms with van der Waals surface area (Å²) < 4.78 is 0. The van der Waals surface area contributed by atoms with Crippen molar-refractivity contribution >= 4 is 14.3 Å². The molecule has 0 nitrogen and oxygen atoms in total. The van der Waals surface area contributed by atoms with Crippen LogP contribution >= 0.6 is 0 Å². The highest BCUT2D eigenvalue weighted by atomic mass is 14.0. The van der Waals surface area contributed by atoms with Crippen molar-refractivity contribution in [2.45, 2.75) is 19.6 Å². The van der Waals surface area contributed by atoms with Crippen LogP contribution < -0.4 is 0 Å². The van der Waals surface area contributed by atoms with Gasteiger partial charge in [0, 0.05) is 7.74 Å². The molecule has 1 aliphatic heterocycles. The molecule has 0 aliphatic carbocycles. The molecule has 2 heteroatoms. The summed E-state index contributed by atoms with van der Waals surface area (Å²) in [5, 5.41) is 0. The predicted octanol–water partition coefficient (Wildman–Crippen LogP) is 0.796. The second kappa shape index (κ2) is 1.32. The van der Waals surface area contributed by atoms with Gasteiger partial charge in [0.25, 0.3) is 0 Å². The second-order valence-corrected chi connectivity index (χ2v) is 2.34. The molecule has 0 aromatic heterocycles. The van der Waals surface area contributed by atoms with Gasteiger partial charge < -0.3 is 0 Å². The van der Waals surface area contributed by atoms with Gasteiger partial charge in [0.1, 0.15) is 0 Å². The molecule has 30 valence electrons. The average molecular weight is 77.7 g/mol. The predicted molar refractivity (Wildman–Crippen MR) is 30.3 cm³/mol. The molecule has 1 fully saturated rings. The van der Waals surface area contributed by atoms with Crippen LogP contribution in [-0.2, 0) is 0 Å². The van der Waals surface area contributed by atoms with Crippen molar-refractivity contribution in [3.05, 3.63) is 0 Å². The zero-order valence-corrected chi connectivity index (χ0v) is 4.15. The zero-order chi connectivity index (χ0) is 4.57. The van der Waals surface area contributed by atoms with E-state index in [0.717, 1.165) is 5.92 Å². The van der Waals surface area contributed by atoms with E-state index in [-0.39, 0.29) is 0 Å². The molecule has 1 rings (SSSR count). The Morgan fingerprint density at radius 2 is 2.17 bits per heavy atom. The fourth-order valence-electron chi connectivity index (χ4n) is 0.965. The molecule has 1 heterocycles. The third-order valence-electron chi connectivity index (χ3n) is 1.41. The molecule has 0 aromatic carbocycles. The van der Waals surface area contributed by atoms with Gasteiger partial charge in [0.2, 0.25) is 0 Å². The lowest BCUT2D eigenvalue weighted by molar-refractivity contribution is 0.661. The van der Waals surface area contributed by atoms with Crippen LogP contribution in [0, 0.1) is 5.92 Å². The Kier molecular flexibility index (Phi) is 0.947. The summed E-state index contributed by atoms with van der Waals surface area (Å²) in [6.07, 6.45) is 2.50.